The molecule has 0 unspecified atom stereocenters. The van der Waals surface area contributed by atoms with E-state index in [2.05, 4.69) is 33.9 Å². The monoisotopic (exact) mass is 425 g/mol. The first kappa shape index (κ1) is 22.8. The molecule has 0 radical (unpaired) electrons. The highest BCUT2D eigenvalue weighted by Crippen LogP contribution is 2.41. The predicted octanol–water partition coefficient (Wildman–Crippen LogP) is 4.14. The van der Waals surface area contributed by atoms with Crippen LogP contribution in [0.2, 0.25) is 23.2 Å². The maximum Gasteiger partial charge on any atom is 0.506 e. The number of nitrogens with zero attached hydrogens (tertiary/aromatic N) is 1. The van der Waals surface area contributed by atoms with Crippen LogP contribution in [-0.4, -0.2) is 41.7 Å². The van der Waals surface area contributed by atoms with Gasteiger partial charge in [-0.3, -0.25) is 4.57 Å². The Kier molecular flexibility index (Phi) is 6.03. The summed E-state index contributed by atoms with van der Waals surface area (Å²) in [5.74, 6) is 0.515. The molecule has 0 saturated heterocycles. The van der Waals surface area contributed by atoms with Crippen LogP contribution in [0.1, 0.15) is 41.5 Å². The van der Waals surface area contributed by atoms with Crippen LogP contribution in [0.5, 0.6) is 5.75 Å². The molecule has 0 amide bonds. The Bertz CT molecular complexity index is 896. The normalized spacial score (nSPS) is 13.0. The van der Waals surface area contributed by atoms with Crippen LogP contribution in [0.4, 0.5) is 4.79 Å². The van der Waals surface area contributed by atoms with E-state index in [9.17, 15) is 14.8 Å². The lowest BCUT2D eigenvalue weighted by Crippen LogP contribution is -2.43. The van der Waals surface area contributed by atoms with Gasteiger partial charge in [0.15, 0.2) is 0 Å². The second-order valence-corrected chi connectivity index (χ2v) is 14.5. The number of hydrogen-bond donors (Lipinski definition) is 2. The summed E-state index contributed by atoms with van der Waals surface area (Å²) >= 11 is 6.59. The van der Waals surface area contributed by atoms with Gasteiger partial charge in [0, 0.05) is 5.39 Å². The Morgan fingerprint density at radius 1 is 1.14 bits per heavy atom. The minimum Gasteiger partial charge on any atom is -0.542 e. The van der Waals surface area contributed by atoms with Crippen LogP contribution in [0.15, 0.2) is 18.2 Å². The van der Waals surface area contributed by atoms with Crippen LogP contribution in [-0.2, 0) is 4.74 Å². The van der Waals surface area contributed by atoms with Crippen LogP contribution >= 0.6 is 11.6 Å². The minimum atomic E-state index is -2.13. The van der Waals surface area contributed by atoms with Crippen LogP contribution < -0.4 is 10.0 Å². The third-order valence-electron chi connectivity index (χ3n) is 4.92. The summed E-state index contributed by atoms with van der Waals surface area (Å²) in [4.78, 5) is 12.7. The van der Waals surface area contributed by atoms with Crippen molar-refractivity contribution >= 4 is 49.6 Å². The van der Waals surface area contributed by atoms with Crippen molar-refractivity contribution in [3.05, 3.63) is 23.2 Å². The molecule has 2 N–H and O–H groups in total. The van der Waals surface area contributed by atoms with Gasteiger partial charge in [-0.2, -0.15) is 0 Å². The average molecular weight is 426 g/mol. The van der Waals surface area contributed by atoms with E-state index in [1.807, 2.05) is 0 Å². The highest BCUT2D eigenvalue weighted by molar-refractivity contribution is 6.74. The van der Waals surface area contributed by atoms with Gasteiger partial charge in [-0.15, -0.1) is 0 Å². The standard InChI is InChI=1S/C19H29BClNO5Si/c1-18(2,3)26-17(23)22-13-9-10-14(27-28(7,8)19(4,5)6)16(21)12(13)11-15(22)20(24)25/h9-11,24-25H,1-8H3. The van der Waals surface area contributed by atoms with E-state index in [-0.39, 0.29) is 10.6 Å². The molecule has 0 aliphatic rings. The van der Waals surface area contributed by atoms with E-state index in [0.29, 0.717) is 21.7 Å². The van der Waals surface area contributed by atoms with Crippen molar-refractivity contribution in [1.82, 2.24) is 4.57 Å². The molecule has 0 aliphatic carbocycles. The topological polar surface area (TPSA) is 80.9 Å². The molecule has 2 aromatic rings. The molecule has 0 saturated carbocycles. The van der Waals surface area contributed by atoms with Gasteiger partial charge in [-0.25, -0.2) is 4.79 Å². The molecule has 2 rings (SSSR count). The molecule has 28 heavy (non-hydrogen) atoms. The summed E-state index contributed by atoms with van der Waals surface area (Å²) in [5, 5.41) is 20.3. The molecule has 0 fully saturated rings. The third-order valence-corrected chi connectivity index (χ3v) is 9.66. The molecule has 1 aromatic carbocycles. The highest BCUT2D eigenvalue weighted by atomic mass is 35.5. The number of hydrogen-bond acceptors (Lipinski definition) is 5. The van der Waals surface area contributed by atoms with Crippen molar-refractivity contribution in [2.45, 2.75) is 65.3 Å². The summed E-state index contributed by atoms with van der Waals surface area (Å²) in [6.07, 6.45) is -0.709. The number of carbonyl (C=O) groups is 1. The highest BCUT2D eigenvalue weighted by Gasteiger charge is 2.39. The van der Waals surface area contributed by atoms with Crippen LogP contribution in [0.3, 0.4) is 0 Å². The number of aromatic nitrogens is 1. The van der Waals surface area contributed by atoms with Gasteiger partial charge in [0.25, 0.3) is 8.32 Å². The van der Waals surface area contributed by atoms with E-state index in [0.717, 1.165) is 4.57 Å². The fraction of sp³-hybridized carbons (Fsp3) is 0.526. The smallest absolute Gasteiger partial charge is 0.506 e. The Labute approximate surface area is 172 Å². The van der Waals surface area contributed by atoms with Crippen molar-refractivity contribution in [2.75, 3.05) is 0 Å². The number of rotatable bonds is 3. The maximum atomic E-state index is 12.7. The zero-order chi connectivity index (χ0) is 21.7. The molecule has 6 nitrogen and oxygen atoms in total. The number of ether oxygens (including phenoxy) is 1. The van der Waals surface area contributed by atoms with Crippen LogP contribution in [0.25, 0.3) is 10.9 Å². The summed E-state index contributed by atoms with van der Waals surface area (Å²) in [6.45, 7) is 15.8. The van der Waals surface area contributed by atoms with Gasteiger partial charge in [-0.05, 0) is 57.1 Å². The Balaban J connectivity index is 2.61. The van der Waals surface area contributed by atoms with Gasteiger partial charge in [0.2, 0.25) is 0 Å². The Morgan fingerprint density at radius 3 is 2.18 bits per heavy atom. The van der Waals surface area contributed by atoms with Crippen molar-refractivity contribution < 1.29 is 24.0 Å². The molecule has 9 heteroatoms. The van der Waals surface area contributed by atoms with Gasteiger partial charge in [-0.1, -0.05) is 32.4 Å². The lowest BCUT2D eigenvalue weighted by atomic mass is 9.86. The first-order valence-electron chi connectivity index (χ1n) is 9.17. The SMILES string of the molecule is CC(C)(C)OC(=O)n1c(B(O)O)cc2c(Cl)c(O[Si](C)(C)C(C)(C)C)ccc21. The van der Waals surface area contributed by atoms with E-state index < -0.39 is 27.1 Å². The summed E-state index contributed by atoms with van der Waals surface area (Å²) in [7, 11) is -3.99. The largest absolute Gasteiger partial charge is 0.542 e. The second kappa shape index (κ2) is 7.41. The molecule has 1 heterocycles. The maximum absolute atomic E-state index is 12.7. The number of halogens is 1. The van der Waals surface area contributed by atoms with Crippen LogP contribution in [0, 0.1) is 0 Å². The summed E-state index contributed by atoms with van der Waals surface area (Å²) < 4.78 is 12.9. The first-order chi connectivity index (χ1) is 12.5. The quantitative estimate of drug-likeness (QED) is 0.722. The van der Waals surface area contributed by atoms with Gasteiger partial charge in [0.05, 0.1) is 16.1 Å². The number of carbonyl (C=O) groups excluding carboxylic acids is 1. The predicted molar refractivity (Wildman–Crippen MR) is 116 cm³/mol. The fourth-order valence-corrected chi connectivity index (χ4v) is 3.80. The molecule has 0 aliphatic heterocycles. The summed E-state index contributed by atoms with van der Waals surface area (Å²) in [5.41, 5.74) is -0.332. The zero-order valence-electron chi connectivity index (χ0n) is 17.8. The fourth-order valence-electron chi connectivity index (χ4n) is 2.45. The lowest BCUT2D eigenvalue weighted by Gasteiger charge is -2.36. The molecule has 0 spiro atoms. The lowest BCUT2D eigenvalue weighted by molar-refractivity contribution is 0.0547. The Morgan fingerprint density at radius 2 is 1.71 bits per heavy atom. The van der Waals surface area contributed by atoms with Crippen molar-refractivity contribution in [2.24, 2.45) is 0 Å². The first-order valence-corrected chi connectivity index (χ1v) is 12.5. The number of benzene rings is 1. The van der Waals surface area contributed by atoms with Crippen molar-refractivity contribution in [1.29, 1.82) is 0 Å². The molecule has 0 bridgehead atoms. The zero-order valence-corrected chi connectivity index (χ0v) is 19.5. The molecular formula is C19H29BClNO5Si. The Hall–Kier alpha value is -1.48. The van der Waals surface area contributed by atoms with Crippen molar-refractivity contribution in [3.8, 4) is 5.75 Å². The number of fused-ring (bicyclic) bond motifs is 1. The van der Waals surface area contributed by atoms with Gasteiger partial charge >= 0.3 is 13.2 Å². The van der Waals surface area contributed by atoms with Gasteiger partial charge in [0.1, 0.15) is 11.4 Å². The average Bonchev–Trinajstić information content (AvgIpc) is 2.87. The third kappa shape index (κ3) is 4.56. The molecule has 0 atom stereocenters. The molecule has 1 aromatic heterocycles. The van der Waals surface area contributed by atoms with E-state index >= 15 is 0 Å². The van der Waals surface area contributed by atoms with E-state index in [1.54, 1.807) is 32.9 Å². The molecule has 154 valence electrons. The summed E-state index contributed by atoms with van der Waals surface area (Å²) in [6, 6.07) is 4.86. The van der Waals surface area contributed by atoms with E-state index in [1.165, 1.54) is 6.07 Å². The molecular weight excluding hydrogens is 397 g/mol. The van der Waals surface area contributed by atoms with E-state index in [4.69, 9.17) is 20.8 Å². The van der Waals surface area contributed by atoms with Gasteiger partial charge < -0.3 is 19.2 Å². The second-order valence-electron chi connectivity index (χ2n) is 9.43. The minimum absolute atomic E-state index is 0.0137. The van der Waals surface area contributed by atoms with Crippen molar-refractivity contribution in [3.63, 3.8) is 0 Å².